The average molecular weight is 1140 g/mol. The molecule has 0 aromatic rings. The van der Waals surface area contributed by atoms with Crippen molar-refractivity contribution in [2.75, 3.05) is 13.2 Å². The molecule has 0 N–H and O–H groups in total. The van der Waals surface area contributed by atoms with Crippen LogP contribution < -0.4 is 0 Å². The van der Waals surface area contributed by atoms with Crippen LogP contribution in [0.5, 0.6) is 0 Å². The van der Waals surface area contributed by atoms with Crippen molar-refractivity contribution in [2.24, 2.45) is 0 Å². The topological polar surface area (TPSA) is 78.9 Å². The lowest BCUT2D eigenvalue weighted by molar-refractivity contribution is -0.167. The predicted octanol–water partition coefficient (Wildman–Crippen LogP) is 23.2. The molecule has 6 nitrogen and oxygen atoms in total. The average Bonchev–Trinajstić information content (AvgIpc) is 3.50. The zero-order valence-electron chi connectivity index (χ0n) is 53.1. The van der Waals surface area contributed by atoms with Gasteiger partial charge in [0.05, 0.1) is 0 Å². The van der Waals surface area contributed by atoms with Crippen molar-refractivity contribution < 1.29 is 28.6 Å². The Bertz CT molecular complexity index is 1940. The summed E-state index contributed by atoms with van der Waals surface area (Å²) < 4.78 is 16.8. The first kappa shape index (κ1) is 77.5. The molecule has 0 amide bonds. The highest BCUT2D eigenvalue weighted by Gasteiger charge is 2.19. The van der Waals surface area contributed by atoms with E-state index >= 15 is 0 Å². The van der Waals surface area contributed by atoms with Crippen molar-refractivity contribution in [2.45, 2.75) is 271 Å². The van der Waals surface area contributed by atoms with E-state index in [0.717, 1.165) is 154 Å². The van der Waals surface area contributed by atoms with Gasteiger partial charge in [0.25, 0.3) is 0 Å². The van der Waals surface area contributed by atoms with Gasteiger partial charge in [-0.1, -0.05) is 287 Å². The molecule has 1 unspecified atom stereocenters. The van der Waals surface area contributed by atoms with Crippen molar-refractivity contribution in [3.05, 3.63) is 182 Å². The fraction of sp³-hybridized carbons (Fsp3) is 0.571. The lowest BCUT2D eigenvalue weighted by Crippen LogP contribution is -2.30. The summed E-state index contributed by atoms with van der Waals surface area (Å²) in [5.41, 5.74) is 0. The maximum Gasteiger partial charge on any atom is 0.306 e. The third-order valence-corrected chi connectivity index (χ3v) is 13.4. The number of ether oxygens (including phenoxy) is 3. The number of carbonyl (C=O) groups excluding carboxylic acids is 3. The smallest absolute Gasteiger partial charge is 0.306 e. The molecule has 0 aliphatic rings. The standard InChI is InChI=1S/C77H120O6/c1-4-7-10-13-16-18-20-22-24-26-28-30-32-34-35-36-37-38-39-40-41-43-44-46-48-50-52-54-56-58-61-64-67-70-76(79)82-73-74(72-81-75(78)69-66-63-60-15-12-9-6-3)83-77(80)71-68-65-62-59-57-55-53-51-49-47-45-42-33-31-29-27-25-23-21-19-17-14-11-8-5-2/h7-8,10-11,16-19,22-25,28-31,34-35,37-38,40-42,44-46,50,52,56,58,74H,4-6,9,12-15,20-21,26-27,32-33,36,39,43,47-49,51,53-55,57,59-73H2,1-3H3/b10-7-,11-8-,18-16-,19-17-,24-22-,25-23-,30-28-,31-29-,35-34-,38-37-,41-40-,45-42-,46-44-,52-50-,58-56-. The van der Waals surface area contributed by atoms with Gasteiger partial charge < -0.3 is 14.2 Å². The highest BCUT2D eigenvalue weighted by molar-refractivity contribution is 5.71. The predicted molar refractivity (Wildman–Crippen MR) is 361 cm³/mol. The Morgan fingerprint density at radius 2 is 0.470 bits per heavy atom. The molecule has 83 heavy (non-hydrogen) atoms. The van der Waals surface area contributed by atoms with Crippen molar-refractivity contribution in [3.63, 3.8) is 0 Å². The van der Waals surface area contributed by atoms with E-state index in [4.69, 9.17) is 14.2 Å². The van der Waals surface area contributed by atoms with E-state index < -0.39 is 6.10 Å². The highest BCUT2D eigenvalue weighted by Crippen LogP contribution is 2.14. The molecule has 0 radical (unpaired) electrons. The summed E-state index contributed by atoms with van der Waals surface area (Å²) in [5, 5.41) is 0. The Labute approximate surface area is 510 Å². The number of unbranched alkanes of at least 4 members (excludes halogenated alkanes) is 17. The van der Waals surface area contributed by atoms with Crippen LogP contribution in [0.2, 0.25) is 0 Å². The van der Waals surface area contributed by atoms with E-state index in [1.165, 1.54) is 64.2 Å². The molecule has 0 spiro atoms. The van der Waals surface area contributed by atoms with Crippen LogP contribution in [0.4, 0.5) is 0 Å². The van der Waals surface area contributed by atoms with Crippen LogP contribution in [-0.2, 0) is 28.6 Å². The number of carbonyl (C=O) groups is 3. The van der Waals surface area contributed by atoms with E-state index in [9.17, 15) is 14.4 Å². The van der Waals surface area contributed by atoms with Gasteiger partial charge in [-0.05, 0) is 141 Å². The summed E-state index contributed by atoms with van der Waals surface area (Å²) in [6, 6.07) is 0. The van der Waals surface area contributed by atoms with E-state index in [0.29, 0.717) is 25.7 Å². The van der Waals surface area contributed by atoms with Crippen LogP contribution in [0.3, 0.4) is 0 Å². The Morgan fingerprint density at radius 3 is 0.759 bits per heavy atom. The summed E-state index contributed by atoms with van der Waals surface area (Å²) in [6.45, 7) is 6.32. The maximum absolute atomic E-state index is 12.9. The molecule has 0 rings (SSSR count). The van der Waals surface area contributed by atoms with Gasteiger partial charge in [-0.3, -0.25) is 14.4 Å². The number of hydrogen-bond donors (Lipinski definition) is 0. The van der Waals surface area contributed by atoms with Gasteiger partial charge in [0, 0.05) is 19.3 Å². The van der Waals surface area contributed by atoms with Crippen molar-refractivity contribution in [3.8, 4) is 0 Å². The van der Waals surface area contributed by atoms with Crippen LogP contribution >= 0.6 is 0 Å². The molecule has 6 heteroatoms. The number of rotatable bonds is 58. The second-order valence-electron chi connectivity index (χ2n) is 21.3. The molecule has 0 saturated heterocycles. The lowest BCUT2D eigenvalue weighted by atomic mass is 10.1. The van der Waals surface area contributed by atoms with Crippen LogP contribution in [0.25, 0.3) is 0 Å². The molecular formula is C77H120O6. The molecule has 0 heterocycles. The van der Waals surface area contributed by atoms with Gasteiger partial charge in [0.2, 0.25) is 0 Å². The molecule has 1 atom stereocenters. The van der Waals surface area contributed by atoms with Gasteiger partial charge in [0.1, 0.15) is 13.2 Å². The summed E-state index contributed by atoms with van der Waals surface area (Å²) in [7, 11) is 0. The first-order valence-electron chi connectivity index (χ1n) is 33.3. The minimum Gasteiger partial charge on any atom is -0.462 e. The summed E-state index contributed by atoms with van der Waals surface area (Å²) in [4.78, 5) is 38.1. The molecule has 0 saturated carbocycles. The normalized spacial score (nSPS) is 13.3. The maximum atomic E-state index is 12.9. The van der Waals surface area contributed by atoms with Gasteiger partial charge >= 0.3 is 17.9 Å². The van der Waals surface area contributed by atoms with Crippen LogP contribution in [-0.4, -0.2) is 37.2 Å². The fourth-order valence-electron chi connectivity index (χ4n) is 8.50. The third-order valence-electron chi connectivity index (χ3n) is 13.4. The minimum atomic E-state index is -0.807. The van der Waals surface area contributed by atoms with Crippen molar-refractivity contribution in [1.82, 2.24) is 0 Å². The molecule has 0 aromatic carbocycles. The molecule has 0 aromatic heterocycles. The summed E-state index contributed by atoms with van der Waals surface area (Å²) in [5.74, 6) is -0.966. The van der Waals surface area contributed by atoms with Gasteiger partial charge in [-0.15, -0.1) is 0 Å². The zero-order valence-corrected chi connectivity index (χ0v) is 53.1. The lowest BCUT2D eigenvalue weighted by Gasteiger charge is -2.18. The van der Waals surface area contributed by atoms with Gasteiger partial charge in [-0.25, -0.2) is 0 Å². The molecule has 464 valence electrons. The Balaban J connectivity index is 4.27. The molecule has 0 fully saturated rings. The Morgan fingerprint density at radius 1 is 0.253 bits per heavy atom. The molecule has 0 bridgehead atoms. The largest absolute Gasteiger partial charge is 0.462 e. The SMILES string of the molecule is CC/C=C\C/C=C\C/C=C\C/C=C\C/C=C\C/C=C\C/C=C\C/C=C\C/C=C\C/C=C\CCCCC(=O)OCC(COC(=O)CCCCCCCCC)OC(=O)CCCCCCCCCCC/C=C\C/C=C\C/C=C\C/C=C\C/C=C\CC. The first-order chi connectivity index (χ1) is 41.0. The first-order valence-corrected chi connectivity index (χ1v) is 33.3. The highest BCUT2D eigenvalue weighted by atomic mass is 16.6. The van der Waals surface area contributed by atoms with Gasteiger partial charge in [0.15, 0.2) is 6.10 Å². The van der Waals surface area contributed by atoms with Crippen LogP contribution in [0.1, 0.15) is 265 Å². The minimum absolute atomic E-state index is 0.101. The third kappa shape index (κ3) is 67.2. The quantitative estimate of drug-likeness (QED) is 0.0261. The van der Waals surface area contributed by atoms with Gasteiger partial charge in [-0.2, -0.15) is 0 Å². The zero-order chi connectivity index (χ0) is 59.9. The summed E-state index contributed by atoms with van der Waals surface area (Å²) >= 11 is 0. The van der Waals surface area contributed by atoms with Crippen LogP contribution in [0.15, 0.2) is 182 Å². The van der Waals surface area contributed by atoms with E-state index in [1.54, 1.807) is 0 Å². The van der Waals surface area contributed by atoms with E-state index in [-0.39, 0.29) is 31.1 Å². The number of esters is 3. The Kier molecular flexibility index (Phi) is 64.4. The summed E-state index contributed by atoms with van der Waals surface area (Å²) in [6.07, 6.45) is 104. The molecule has 0 aliphatic heterocycles. The monoisotopic (exact) mass is 1140 g/mol. The fourth-order valence-corrected chi connectivity index (χ4v) is 8.50. The molecule has 0 aliphatic carbocycles. The van der Waals surface area contributed by atoms with Crippen molar-refractivity contribution >= 4 is 17.9 Å². The Hall–Kier alpha value is -5.49. The van der Waals surface area contributed by atoms with Crippen molar-refractivity contribution in [1.29, 1.82) is 0 Å². The number of allylic oxidation sites excluding steroid dienone is 30. The number of hydrogen-bond acceptors (Lipinski definition) is 6. The van der Waals surface area contributed by atoms with E-state index in [2.05, 4.69) is 203 Å². The van der Waals surface area contributed by atoms with E-state index in [1.807, 2.05) is 0 Å². The molecular weight excluding hydrogens is 1020 g/mol. The second-order valence-corrected chi connectivity index (χ2v) is 21.3. The second kappa shape index (κ2) is 69.0. The van der Waals surface area contributed by atoms with Crippen LogP contribution in [0, 0.1) is 0 Å².